The Bertz CT molecular complexity index is 718. The van der Waals surface area contributed by atoms with Crippen molar-refractivity contribution < 1.29 is 23.8 Å². The van der Waals surface area contributed by atoms with E-state index in [2.05, 4.69) is 4.98 Å². The maximum absolute atomic E-state index is 13.5. The number of esters is 1. The number of rotatable bonds is 7. The van der Waals surface area contributed by atoms with Crippen LogP contribution in [0.15, 0.2) is 24.4 Å². The van der Waals surface area contributed by atoms with E-state index >= 15 is 0 Å². The van der Waals surface area contributed by atoms with Crippen molar-refractivity contribution in [2.45, 2.75) is 45.1 Å². The van der Waals surface area contributed by atoms with E-state index in [-0.39, 0.29) is 5.82 Å². The summed E-state index contributed by atoms with van der Waals surface area (Å²) in [6.45, 7) is 3.76. The molecule has 0 unspecified atom stereocenters. The van der Waals surface area contributed by atoms with Crippen LogP contribution in [0.25, 0.3) is 10.9 Å². The second kappa shape index (κ2) is 6.81. The van der Waals surface area contributed by atoms with Crippen molar-refractivity contribution in [3.05, 3.63) is 35.8 Å². The highest BCUT2D eigenvalue weighted by molar-refractivity contribution is 5.90. The predicted molar refractivity (Wildman–Crippen MR) is 83.6 cm³/mol. The first-order chi connectivity index (χ1) is 10.9. The Labute approximate surface area is 133 Å². The lowest BCUT2D eigenvalue weighted by Gasteiger charge is -2.31. The van der Waals surface area contributed by atoms with Crippen LogP contribution in [0.5, 0.6) is 0 Å². The van der Waals surface area contributed by atoms with Crippen LogP contribution in [0, 0.1) is 5.82 Å². The molecule has 0 amide bonds. The monoisotopic (exact) mass is 321 g/mol. The van der Waals surface area contributed by atoms with Crippen LogP contribution in [0.3, 0.4) is 0 Å². The van der Waals surface area contributed by atoms with E-state index in [9.17, 15) is 14.0 Å². The molecular weight excluding hydrogens is 301 g/mol. The summed E-state index contributed by atoms with van der Waals surface area (Å²) in [7, 11) is 0. The summed E-state index contributed by atoms with van der Waals surface area (Å²) in [4.78, 5) is 25.5. The number of halogens is 1. The van der Waals surface area contributed by atoms with Crippen LogP contribution in [0.4, 0.5) is 4.39 Å². The van der Waals surface area contributed by atoms with Gasteiger partial charge in [0, 0.05) is 23.5 Å². The maximum Gasteiger partial charge on any atom is 0.317 e. The van der Waals surface area contributed by atoms with E-state index in [1.165, 1.54) is 12.1 Å². The number of ether oxygens (including phenoxy) is 1. The third-order valence-corrected chi connectivity index (χ3v) is 4.16. The van der Waals surface area contributed by atoms with E-state index < -0.39 is 24.0 Å². The van der Waals surface area contributed by atoms with Crippen molar-refractivity contribution in [3.8, 4) is 0 Å². The maximum atomic E-state index is 13.5. The third kappa shape index (κ3) is 3.88. The molecule has 0 saturated carbocycles. The molecular formula is C17H20FNO4. The molecule has 0 aliphatic rings. The molecule has 1 heterocycles. The Balaban J connectivity index is 2.28. The zero-order valence-electron chi connectivity index (χ0n) is 13.2. The second-order valence-electron chi connectivity index (χ2n) is 5.62. The van der Waals surface area contributed by atoms with E-state index in [0.29, 0.717) is 19.3 Å². The smallest absolute Gasteiger partial charge is 0.317 e. The highest BCUT2D eigenvalue weighted by atomic mass is 19.1. The fourth-order valence-electron chi connectivity index (χ4n) is 2.73. The van der Waals surface area contributed by atoms with Crippen LogP contribution < -0.4 is 0 Å². The fraction of sp³-hybridized carbons (Fsp3) is 0.412. The number of nitrogens with one attached hydrogen (secondary N) is 1. The van der Waals surface area contributed by atoms with E-state index in [1.54, 1.807) is 12.3 Å². The molecule has 0 bridgehead atoms. The number of aromatic amines is 1. The lowest BCUT2D eigenvalue weighted by Crippen LogP contribution is -2.36. The van der Waals surface area contributed by atoms with Gasteiger partial charge in [0.05, 0.1) is 0 Å². The Morgan fingerprint density at radius 1 is 1.30 bits per heavy atom. The SMILES string of the molecule is CCC(CC)(Cc1c[nH]c2ccc(F)cc12)OC(=O)CC(=O)O. The van der Waals surface area contributed by atoms with Crippen LogP contribution in [-0.2, 0) is 20.7 Å². The van der Waals surface area contributed by atoms with Crippen LogP contribution in [0.2, 0.25) is 0 Å². The van der Waals surface area contributed by atoms with Gasteiger partial charge in [0.2, 0.25) is 0 Å². The van der Waals surface area contributed by atoms with Gasteiger partial charge in [-0.2, -0.15) is 0 Å². The summed E-state index contributed by atoms with van der Waals surface area (Å²) in [6, 6.07) is 4.48. The van der Waals surface area contributed by atoms with Crippen LogP contribution in [0.1, 0.15) is 38.7 Å². The van der Waals surface area contributed by atoms with Crippen molar-refractivity contribution >= 4 is 22.8 Å². The van der Waals surface area contributed by atoms with E-state index in [1.807, 2.05) is 13.8 Å². The number of benzene rings is 1. The van der Waals surface area contributed by atoms with E-state index in [4.69, 9.17) is 9.84 Å². The summed E-state index contributed by atoms with van der Waals surface area (Å²) < 4.78 is 19.0. The van der Waals surface area contributed by atoms with Crippen molar-refractivity contribution in [2.24, 2.45) is 0 Å². The summed E-state index contributed by atoms with van der Waals surface area (Å²) >= 11 is 0. The van der Waals surface area contributed by atoms with E-state index in [0.717, 1.165) is 16.5 Å². The average molecular weight is 321 g/mol. The molecule has 23 heavy (non-hydrogen) atoms. The number of carboxylic acids is 1. The minimum Gasteiger partial charge on any atom is -0.481 e. The number of carboxylic acid groups (broad SMARTS) is 1. The van der Waals surface area contributed by atoms with Gasteiger partial charge in [-0.25, -0.2) is 4.39 Å². The molecule has 2 aromatic rings. The molecule has 0 saturated heterocycles. The predicted octanol–water partition coefficient (Wildman–Crippen LogP) is 3.43. The van der Waals surface area contributed by atoms with Crippen molar-refractivity contribution in [2.75, 3.05) is 0 Å². The first kappa shape index (κ1) is 17.0. The van der Waals surface area contributed by atoms with Gasteiger partial charge in [-0.15, -0.1) is 0 Å². The average Bonchev–Trinajstić information content (AvgIpc) is 2.87. The molecule has 2 rings (SSSR count). The highest BCUT2D eigenvalue weighted by Gasteiger charge is 2.32. The van der Waals surface area contributed by atoms with Crippen LogP contribution >= 0.6 is 0 Å². The lowest BCUT2D eigenvalue weighted by atomic mass is 9.89. The zero-order valence-corrected chi connectivity index (χ0v) is 13.2. The number of H-pyrrole nitrogens is 1. The Hall–Kier alpha value is -2.37. The molecule has 1 aromatic carbocycles. The van der Waals surface area contributed by atoms with Gasteiger partial charge in [0.1, 0.15) is 17.8 Å². The van der Waals surface area contributed by atoms with Gasteiger partial charge in [-0.1, -0.05) is 13.8 Å². The molecule has 2 N–H and O–H groups in total. The topological polar surface area (TPSA) is 79.4 Å². The Morgan fingerprint density at radius 2 is 2.00 bits per heavy atom. The van der Waals surface area contributed by atoms with Crippen molar-refractivity contribution in [3.63, 3.8) is 0 Å². The highest BCUT2D eigenvalue weighted by Crippen LogP contribution is 2.30. The number of aromatic nitrogens is 1. The number of hydrogen-bond acceptors (Lipinski definition) is 3. The first-order valence-corrected chi connectivity index (χ1v) is 7.58. The van der Waals surface area contributed by atoms with Gasteiger partial charge < -0.3 is 14.8 Å². The Morgan fingerprint density at radius 3 is 2.61 bits per heavy atom. The first-order valence-electron chi connectivity index (χ1n) is 7.58. The molecule has 124 valence electrons. The molecule has 0 aliphatic carbocycles. The summed E-state index contributed by atoms with van der Waals surface area (Å²) in [5, 5.41) is 9.45. The molecule has 0 aliphatic heterocycles. The third-order valence-electron chi connectivity index (χ3n) is 4.16. The molecule has 0 fully saturated rings. The van der Waals surface area contributed by atoms with Gasteiger partial charge in [-0.3, -0.25) is 9.59 Å². The summed E-state index contributed by atoms with van der Waals surface area (Å²) in [5.74, 6) is -2.31. The number of aliphatic carboxylic acids is 1. The standard InChI is InChI=1S/C17H20FNO4/c1-3-17(4-2,23-16(22)8-15(20)21)9-11-10-19-14-6-5-12(18)7-13(11)14/h5-7,10,19H,3-4,8-9H2,1-2H3,(H,20,21). The fourth-order valence-corrected chi connectivity index (χ4v) is 2.73. The number of carbonyl (C=O) groups excluding carboxylic acids is 1. The Kier molecular flexibility index (Phi) is 5.03. The minimum absolute atomic E-state index is 0.334. The quantitative estimate of drug-likeness (QED) is 0.605. The number of fused-ring (bicyclic) bond motifs is 1. The van der Waals surface area contributed by atoms with Crippen molar-refractivity contribution in [1.29, 1.82) is 0 Å². The molecule has 5 nitrogen and oxygen atoms in total. The molecule has 0 atom stereocenters. The van der Waals surface area contributed by atoms with Gasteiger partial charge in [0.15, 0.2) is 0 Å². The van der Waals surface area contributed by atoms with Crippen LogP contribution in [-0.4, -0.2) is 27.6 Å². The summed E-state index contributed by atoms with van der Waals surface area (Å²) in [5.41, 5.74) is 0.847. The van der Waals surface area contributed by atoms with Gasteiger partial charge >= 0.3 is 11.9 Å². The minimum atomic E-state index is -1.22. The summed E-state index contributed by atoms with van der Waals surface area (Å²) in [6.07, 6.45) is 2.59. The normalized spacial score (nSPS) is 11.6. The zero-order chi connectivity index (χ0) is 17.0. The molecule has 0 spiro atoms. The number of hydrogen-bond donors (Lipinski definition) is 2. The number of carbonyl (C=O) groups is 2. The molecule has 1 aromatic heterocycles. The van der Waals surface area contributed by atoms with Gasteiger partial charge in [-0.05, 0) is 36.6 Å². The lowest BCUT2D eigenvalue weighted by molar-refractivity contribution is -0.164. The molecule has 0 radical (unpaired) electrons. The largest absolute Gasteiger partial charge is 0.481 e. The molecule has 6 heteroatoms. The second-order valence-corrected chi connectivity index (χ2v) is 5.62. The van der Waals surface area contributed by atoms with Crippen molar-refractivity contribution in [1.82, 2.24) is 4.98 Å². The van der Waals surface area contributed by atoms with Gasteiger partial charge in [0.25, 0.3) is 0 Å².